The summed E-state index contributed by atoms with van der Waals surface area (Å²) in [4.78, 5) is 0. The van der Waals surface area contributed by atoms with Crippen LogP contribution in [0.1, 0.15) is 45.4 Å². The van der Waals surface area contributed by atoms with Crippen molar-refractivity contribution in [2.75, 3.05) is 6.54 Å². The average Bonchev–Trinajstić information content (AvgIpc) is 2.15. The zero-order valence-electron chi connectivity index (χ0n) is 9.74. The Morgan fingerprint density at radius 2 is 1.94 bits per heavy atom. The summed E-state index contributed by atoms with van der Waals surface area (Å²) in [6.07, 6.45) is 3.87. The molecule has 0 aromatic heterocycles. The van der Waals surface area contributed by atoms with Gasteiger partial charge in [-0.2, -0.15) is 13.2 Å². The summed E-state index contributed by atoms with van der Waals surface area (Å²) in [5, 5.41) is 3.19. The van der Waals surface area contributed by atoms with E-state index >= 15 is 0 Å². The van der Waals surface area contributed by atoms with Crippen LogP contribution in [0.15, 0.2) is 0 Å². The van der Waals surface area contributed by atoms with E-state index in [0.717, 1.165) is 25.8 Å². The van der Waals surface area contributed by atoms with Gasteiger partial charge in [-0.25, -0.2) is 0 Å². The van der Waals surface area contributed by atoms with Gasteiger partial charge >= 0.3 is 6.18 Å². The van der Waals surface area contributed by atoms with Gasteiger partial charge in [-0.1, -0.05) is 0 Å². The van der Waals surface area contributed by atoms with Gasteiger partial charge in [0.25, 0.3) is 0 Å². The molecule has 1 atom stereocenters. The summed E-state index contributed by atoms with van der Waals surface area (Å²) in [7, 11) is 0. The predicted molar refractivity (Wildman–Crippen MR) is 60.1 cm³/mol. The topological polar surface area (TPSA) is 12.0 Å². The Hall–Kier alpha value is -0.690. The van der Waals surface area contributed by atoms with Crippen LogP contribution in [0.25, 0.3) is 0 Å². The van der Waals surface area contributed by atoms with Crippen molar-refractivity contribution in [1.82, 2.24) is 5.32 Å². The summed E-state index contributed by atoms with van der Waals surface area (Å²) in [5.41, 5.74) is 0. The lowest BCUT2D eigenvalue weighted by atomic mass is 10.1. The van der Waals surface area contributed by atoms with Gasteiger partial charge < -0.3 is 5.32 Å². The van der Waals surface area contributed by atoms with E-state index in [1.165, 1.54) is 0 Å². The van der Waals surface area contributed by atoms with E-state index in [4.69, 9.17) is 6.42 Å². The fraction of sp³-hybridized carbons (Fsp3) is 0.833. The van der Waals surface area contributed by atoms with Crippen molar-refractivity contribution in [3.05, 3.63) is 0 Å². The molecule has 1 nitrogen and oxygen atoms in total. The molecule has 4 heteroatoms. The highest BCUT2D eigenvalue weighted by atomic mass is 19.4. The summed E-state index contributed by atoms with van der Waals surface area (Å²) >= 11 is 0. The minimum Gasteiger partial charge on any atom is -0.314 e. The molecule has 0 spiro atoms. The minimum absolute atomic E-state index is 0.146. The lowest BCUT2D eigenvalue weighted by molar-refractivity contribution is -0.135. The van der Waals surface area contributed by atoms with Crippen molar-refractivity contribution >= 4 is 0 Å². The third-order valence-electron chi connectivity index (χ3n) is 2.34. The molecule has 0 heterocycles. The van der Waals surface area contributed by atoms with E-state index in [1.807, 2.05) is 6.92 Å². The normalized spacial score (nSPS) is 13.4. The van der Waals surface area contributed by atoms with Crippen LogP contribution in [0.2, 0.25) is 0 Å². The second kappa shape index (κ2) is 8.46. The fourth-order valence-electron chi connectivity index (χ4n) is 1.41. The van der Waals surface area contributed by atoms with Crippen LogP contribution >= 0.6 is 0 Å². The van der Waals surface area contributed by atoms with Crippen LogP contribution < -0.4 is 5.32 Å². The third-order valence-corrected chi connectivity index (χ3v) is 2.34. The van der Waals surface area contributed by atoms with Crippen molar-refractivity contribution in [2.45, 2.75) is 57.7 Å². The molecule has 16 heavy (non-hydrogen) atoms. The molecule has 0 aliphatic heterocycles. The number of hydrogen-bond donors (Lipinski definition) is 1. The van der Waals surface area contributed by atoms with Crippen molar-refractivity contribution in [3.63, 3.8) is 0 Å². The Kier molecular flexibility index (Phi) is 8.10. The Morgan fingerprint density at radius 3 is 2.50 bits per heavy atom. The van der Waals surface area contributed by atoms with E-state index in [1.54, 1.807) is 0 Å². The minimum atomic E-state index is -4.02. The molecule has 0 bridgehead atoms. The number of unbranched alkanes of at least 4 members (excludes halogenated alkanes) is 2. The highest BCUT2D eigenvalue weighted by molar-refractivity contribution is 4.82. The molecule has 0 aliphatic carbocycles. The quantitative estimate of drug-likeness (QED) is 0.501. The number of hydrogen-bond acceptors (Lipinski definition) is 1. The maximum Gasteiger partial charge on any atom is 0.389 e. The van der Waals surface area contributed by atoms with Crippen LogP contribution in [0, 0.1) is 12.3 Å². The highest BCUT2D eigenvalue weighted by Gasteiger charge is 2.26. The van der Waals surface area contributed by atoms with Gasteiger partial charge in [-0.3, -0.25) is 0 Å². The van der Waals surface area contributed by atoms with Crippen molar-refractivity contribution in [2.24, 2.45) is 0 Å². The molecule has 0 saturated carbocycles. The van der Waals surface area contributed by atoms with Gasteiger partial charge in [-0.05, 0) is 39.2 Å². The van der Waals surface area contributed by atoms with Crippen LogP contribution in [0.4, 0.5) is 13.2 Å². The molecular weight excluding hydrogens is 215 g/mol. The van der Waals surface area contributed by atoms with Crippen molar-refractivity contribution in [3.8, 4) is 12.3 Å². The van der Waals surface area contributed by atoms with Gasteiger partial charge in [0.1, 0.15) is 0 Å². The van der Waals surface area contributed by atoms with Crippen LogP contribution in [-0.4, -0.2) is 18.8 Å². The predicted octanol–water partition coefficient (Wildman–Crippen LogP) is 3.50. The molecule has 0 amide bonds. The largest absolute Gasteiger partial charge is 0.389 e. The zero-order valence-corrected chi connectivity index (χ0v) is 9.74. The van der Waals surface area contributed by atoms with Crippen molar-refractivity contribution in [1.29, 1.82) is 0 Å². The Morgan fingerprint density at radius 1 is 1.25 bits per heavy atom. The number of alkyl halides is 3. The summed E-state index contributed by atoms with van der Waals surface area (Å²) in [6.45, 7) is 2.74. The maximum absolute atomic E-state index is 11.9. The molecule has 0 rings (SSSR count). The Bertz CT molecular complexity index is 205. The van der Waals surface area contributed by atoms with Crippen LogP contribution in [-0.2, 0) is 0 Å². The summed E-state index contributed by atoms with van der Waals surface area (Å²) in [5.74, 6) is 2.55. The maximum atomic E-state index is 11.9. The number of nitrogens with one attached hydrogen (secondary N) is 1. The number of rotatable bonds is 8. The zero-order chi connectivity index (χ0) is 12.4. The molecule has 0 aliphatic rings. The SMILES string of the molecule is C#CCCCCNC(C)CCCC(F)(F)F. The summed E-state index contributed by atoms with van der Waals surface area (Å²) < 4.78 is 35.6. The van der Waals surface area contributed by atoms with E-state index in [-0.39, 0.29) is 12.5 Å². The first-order valence-corrected chi connectivity index (χ1v) is 5.69. The second-order valence-electron chi connectivity index (χ2n) is 4.02. The van der Waals surface area contributed by atoms with Crippen LogP contribution in [0.5, 0.6) is 0 Å². The first-order chi connectivity index (χ1) is 7.45. The van der Waals surface area contributed by atoms with Gasteiger partial charge in [-0.15, -0.1) is 12.3 Å². The number of terminal acetylenes is 1. The molecule has 0 fully saturated rings. The smallest absolute Gasteiger partial charge is 0.314 e. The molecular formula is C12H20F3N. The average molecular weight is 235 g/mol. The molecule has 1 unspecified atom stereocenters. The van der Waals surface area contributed by atoms with E-state index in [2.05, 4.69) is 11.2 Å². The molecule has 94 valence electrons. The molecule has 1 N–H and O–H groups in total. The Balaban J connectivity index is 3.32. The lowest BCUT2D eigenvalue weighted by Gasteiger charge is -2.14. The van der Waals surface area contributed by atoms with E-state index in [9.17, 15) is 13.2 Å². The standard InChI is InChI=1S/C12H20F3N/c1-3-4-5-6-10-16-11(2)8-7-9-12(13,14)15/h1,11,16H,4-10H2,2H3. The monoisotopic (exact) mass is 235 g/mol. The van der Waals surface area contributed by atoms with Crippen LogP contribution in [0.3, 0.4) is 0 Å². The van der Waals surface area contributed by atoms with Crippen molar-refractivity contribution < 1.29 is 13.2 Å². The van der Waals surface area contributed by atoms with E-state index in [0.29, 0.717) is 6.42 Å². The second-order valence-corrected chi connectivity index (χ2v) is 4.02. The highest BCUT2D eigenvalue weighted by Crippen LogP contribution is 2.22. The molecule has 0 radical (unpaired) electrons. The van der Waals surface area contributed by atoms with Gasteiger partial charge in [0.05, 0.1) is 0 Å². The van der Waals surface area contributed by atoms with Gasteiger partial charge in [0, 0.05) is 18.9 Å². The van der Waals surface area contributed by atoms with Gasteiger partial charge in [0.2, 0.25) is 0 Å². The third kappa shape index (κ3) is 11.4. The lowest BCUT2D eigenvalue weighted by Crippen LogP contribution is -2.27. The Labute approximate surface area is 95.8 Å². The molecule has 0 aromatic rings. The first-order valence-electron chi connectivity index (χ1n) is 5.69. The molecule has 0 saturated heterocycles. The first kappa shape index (κ1) is 15.3. The molecule has 0 aromatic carbocycles. The van der Waals surface area contributed by atoms with Gasteiger partial charge in [0.15, 0.2) is 0 Å². The number of halogens is 3. The fourth-order valence-corrected chi connectivity index (χ4v) is 1.41. The van der Waals surface area contributed by atoms with E-state index < -0.39 is 12.6 Å². The summed E-state index contributed by atoms with van der Waals surface area (Å²) in [6, 6.07) is 0.146.